The van der Waals surface area contributed by atoms with Crippen LogP contribution in [0.4, 0.5) is 0 Å². The minimum Gasteiger partial charge on any atom is -0.289 e. The first-order valence-corrected chi connectivity index (χ1v) is 6.33. The number of nitrogens with zero attached hydrogens (tertiary/aromatic N) is 1. The third kappa shape index (κ3) is 2.96. The van der Waals surface area contributed by atoms with E-state index in [1.54, 1.807) is 12.1 Å². The minimum atomic E-state index is -0.0166. The Hall–Kier alpha value is -1.67. The summed E-state index contributed by atoms with van der Waals surface area (Å²) in [5.74, 6) is -0.0166. The van der Waals surface area contributed by atoms with Gasteiger partial charge < -0.3 is 0 Å². The molecule has 0 radical (unpaired) electrons. The van der Waals surface area contributed by atoms with Crippen LogP contribution in [0.25, 0.3) is 0 Å². The summed E-state index contributed by atoms with van der Waals surface area (Å²) in [4.78, 5) is 16.2. The van der Waals surface area contributed by atoms with Gasteiger partial charge in [0.25, 0.3) is 0 Å². The first-order valence-electron chi connectivity index (χ1n) is 5.96. The fraction of sp³-hybridized carbons (Fsp3) is 0.200. The highest BCUT2D eigenvalue weighted by atomic mass is 35.5. The molecule has 3 heteroatoms. The van der Waals surface area contributed by atoms with Crippen molar-refractivity contribution in [1.29, 1.82) is 0 Å². The molecule has 0 aliphatic carbocycles. The number of carbonyl (C=O) groups is 1. The molecule has 0 aliphatic heterocycles. The van der Waals surface area contributed by atoms with Crippen LogP contribution in [0.2, 0.25) is 5.15 Å². The topological polar surface area (TPSA) is 30.0 Å². The van der Waals surface area contributed by atoms with Gasteiger partial charge in [-0.05, 0) is 30.2 Å². The van der Waals surface area contributed by atoms with E-state index in [1.807, 2.05) is 24.3 Å². The zero-order chi connectivity index (χ0) is 13.0. The highest BCUT2D eigenvalue weighted by Crippen LogP contribution is 2.14. The number of aryl methyl sites for hydroxylation is 1. The number of carbonyl (C=O) groups excluding carboxylic acids is 1. The Morgan fingerprint density at radius 3 is 2.72 bits per heavy atom. The van der Waals surface area contributed by atoms with Crippen LogP contribution < -0.4 is 0 Å². The number of ketones is 1. The average molecular weight is 260 g/mol. The van der Waals surface area contributed by atoms with E-state index in [2.05, 4.69) is 11.9 Å². The van der Waals surface area contributed by atoms with Crippen molar-refractivity contribution in [3.8, 4) is 0 Å². The Morgan fingerprint density at radius 2 is 2.06 bits per heavy atom. The molecular formula is C15H14ClNO. The molecule has 0 unspecified atom stereocenters. The highest BCUT2D eigenvalue weighted by Gasteiger charge is 2.09. The van der Waals surface area contributed by atoms with Gasteiger partial charge in [-0.3, -0.25) is 4.79 Å². The smallest absolute Gasteiger partial charge is 0.194 e. The van der Waals surface area contributed by atoms with Gasteiger partial charge in [-0.1, -0.05) is 43.1 Å². The van der Waals surface area contributed by atoms with E-state index in [0.29, 0.717) is 16.3 Å². The zero-order valence-electron chi connectivity index (χ0n) is 10.2. The van der Waals surface area contributed by atoms with E-state index in [9.17, 15) is 4.79 Å². The van der Waals surface area contributed by atoms with Gasteiger partial charge in [0.1, 0.15) is 5.15 Å². The molecule has 0 aliphatic rings. The maximum atomic E-state index is 12.2. The third-order valence-corrected chi connectivity index (χ3v) is 2.94. The van der Waals surface area contributed by atoms with Gasteiger partial charge in [-0.25, -0.2) is 4.98 Å². The number of benzene rings is 1. The van der Waals surface area contributed by atoms with Gasteiger partial charge in [0.15, 0.2) is 5.78 Å². The van der Waals surface area contributed by atoms with Crippen LogP contribution in [0.1, 0.15) is 34.8 Å². The molecule has 0 atom stereocenters. The number of hydrogen-bond acceptors (Lipinski definition) is 2. The number of aromatic nitrogens is 1. The summed E-state index contributed by atoms with van der Waals surface area (Å²) in [6, 6.07) is 11.1. The molecule has 1 heterocycles. The lowest BCUT2D eigenvalue weighted by atomic mass is 10.0. The molecule has 1 aromatic heterocycles. The average Bonchev–Trinajstić information content (AvgIpc) is 2.39. The number of hydrogen-bond donors (Lipinski definition) is 0. The first kappa shape index (κ1) is 12.8. The third-order valence-electron chi connectivity index (χ3n) is 2.72. The molecule has 18 heavy (non-hydrogen) atoms. The predicted molar refractivity (Wildman–Crippen MR) is 73.1 cm³/mol. The summed E-state index contributed by atoms with van der Waals surface area (Å²) in [6.07, 6.45) is 3.57. The lowest BCUT2D eigenvalue weighted by Gasteiger charge is -2.04. The van der Waals surface area contributed by atoms with Crippen molar-refractivity contribution in [2.45, 2.75) is 19.8 Å². The molecule has 0 saturated heterocycles. The summed E-state index contributed by atoms with van der Waals surface area (Å²) in [5, 5.41) is 0.395. The number of pyridine rings is 1. The Labute approximate surface area is 112 Å². The largest absolute Gasteiger partial charge is 0.289 e. The second-order valence-electron chi connectivity index (χ2n) is 4.15. The van der Waals surface area contributed by atoms with E-state index < -0.39 is 0 Å². The molecular weight excluding hydrogens is 246 g/mol. The van der Waals surface area contributed by atoms with Crippen molar-refractivity contribution in [1.82, 2.24) is 4.98 Å². The van der Waals surface area contributed by atoms with Gasteiger partial charge in [0.05, 0.1) is 0 Å². The van der Waals surface area contributed by atoms with Gasteiger partial charge in [-0.2, -0.15) is 0 Å². The van der Waals surface area contributed by atoms with E-state index in [1.165, 1.54) is 11.8 Å². The summed E-state index contributed by atoms with van der Waals surface area (Å²) < 4.78 is 0. The number of rotatable bonds is 4. The maximum absolute atomic E-state index is 12.2. The van der Waals surface area contributed by atoms with Crippen LogP contribution in [0, 0.1) is 0 Å². The molecule has 2 nitrogen and oxygen atoms in total. The van der Waals surface area contributed by atoms with Crippen molar-refractivity contribution < 1.29 is 4.79 Å². The molecule has 0 amide bonds. The minimum absolute atomic E-state index is 0.0166. The highest BCUT2D eigenvalue weighted by molar-refractivity contribution is 6.29. The molecule has 2 rings (SSSR count). The Morgan fingerprint density at radius 1 is 1.22 bits per heavy atom. The molecule has 92 valence electrons. The quantitative estimate of drug-likeness (QED) is 0.615. The normalized spacial score (nSPS) is 10.3. The van der Waals surface area contributed by atoms with E-state index in [-0.39, 0.29) is 5.78 Å². The van der Waals surface area contributed by atoms with Gasteiger partial charge in [0.2, 0.25) is 0 Å². The Bertz CT molecular complexity index is 549. The lowest BCUT2D eigenvalue weighted by molar-refractivity contribution is 0.103. The van der Waals surface area contributed by atoms with Gasteiger partial charge in [-0.15, -0.1) is 0 Å². The first-order chi connectivity index (χ1) is 8.70. The molecule has 0 bridgehead atoms. The van der Waals surface area contributed by atoms with E-state index in [0.717, 1.165) is 12.8 Å². The summed E-state index contributed by atoms with van der Waals surface area (Å²) in [5.41, 5.74) is 2.45. The lowest BCUT2D eigenvalue weighted by Crippen LogP contribution is -2.02. The predicted octanol–water partition coefficient (Wildman–Crippen LogP) is 3.92. The second-order valence-corrected chi connectivity index (χ2v) is 4.54. The van der Waals surface area contributed by atoms with Gasteiger partial charge >= 0.3 is 0 Å². The Balaban J connectivity index is 2.28. The SMILES string of the molecule is CCCc1cccc(C(=O)c2ccc(Cl)nc2)c1. The number of halogens is 1. The molecule has 0 spiro atoms. The maximum Gasteiger partial charge on any atom is 0.194 e. The van der Waals surface area contributed by atoms with Crippen molar-refractivity contribution in [3.63, 3.8) is 0 Å². The van der Waals surface area contributed by atoms with E-state index in [4.69, 9.17) is 11.6 Å². The molecule has 1 aromatic carbocycles. The van der Waals surface area contributed by atoms with Crippen molar-refractivity contribution in [2.75, 3.05) is 0 Å². The molecule has 0 fully saturated rings. The fourth-order valence-corrected chi connectivity index (χ4v) is 1.95. The van der Waals surface area contributed by atoms with Crippen molar-refractivity contribution in [2.24, 2.45) is 0 Å². The summed E-state index contributed by atoms with van der Waals surface area (Å²) >= 11 is 5.71. The van der Waals surface area contributed by atoms with Crippen LogP contribution in [0.3, 0.4) is 0 Å². The molecule has 0 saturated carbocycles. The van der Waals surface area contributed by atoms with Crippen LogP contribution in [-0.2, 0) is 6.42 Å². The van der Waals surface area contributed by atoms with Crippen LogP contribution >= 0.6 is 11.6 Å². The summed E-state index contributed by atoms with van der Waals surface area (Å²) in [7, 11) is 0. The van der Waals surface area contributed by atoms with Gasteiger partial charge in [0, 0.05) is 17.3 Å². The van der Waals surface area contributed by atoms with Crippen molar-refractivity contribution in [3.05, 3.63) is 64.4 Å². The van der Waals surface area contributed by atoms with E-state index >= 15 is 0 Å². The Kier molecular flexibility index (Phi) is 4.11. The molecule has 0 N–H and O–H groups in total. The molecule has 2 aromatic rings. The van der Waals surface area contributed by atoms with Crippen LogP contribution in [0.5, 0.6) is 0 Å². The van der Waals surface area contributed by atoms with Crippen LogP contribution in [-0.4, -0.2) is 10.8 Å². The monoisotopic (exact) mass is 259 g/mol. The fourth-order valence-electron chi connectivity index (χ4n) is 1.83. The van der Waals surface area contributed by atoms with Crippen molar-refractivity contribution >= 4 is 17.4 Å². The van der Waals surface area contributed by atoms with Crippen LogP contribution in [0.15, 0.2) is 42.6 Å². The second kappa shape index (κ2) is 5.78. The zero-order valence-corrected chi connectivity index (χ0v) is 10.9. The summed E-state index contributed by atoms with van der Waals surface area (Å²) in [6.45, 7) is 2.12. The standard InChI is InChI=1S/C15H14ClNO/c1-2-4-11-5-3-6-12(9-11)15(18)13-7-8-14(16)17-10-13/h3,5-10H,2,4H2,1H3.